The number of nitrogens with one attached hydrogen (secondary N) is 2. The van der Waals surface area contributed by atoms with Crippen molar-refractivity contribution in [3.05, 3.63) is 34.9 Å². The fourth-order valence-corrected chi connectivity index (χ4v) is 4.54. The first-order valence-corrected chi connectivity index (χ1v) is 10.4. The molecule has 4 rings (SSSR count). The van der Waals surface area contributed by atoms with Crippen LogP contribution in [0, 0.1) is 0 Å². The Morgan fingerprint density at radius 1 is 1.04 bits per heavy atom. The van der Waals surface area contributed by atoms with Crippen molar-refractivity contribution in [2.24, 2.45) is 0 Å². The molecule has 1 aliphatic heterocycles. The summed E-state index contributed by atoms with van der Waals surface area (Å²) >= 11 is 0. The van der Waals surface area contributed by atoms with Crippen LogP contribution in [-0.4, -0.2) is 36.4 Å². The number of benzene rings is 1. The van der Waals surface area contributed by atoms with Gasteiger partial charge in [-0.25, -0.2) is 0 Å². The van der Waals surface area contributed by atoms with E-state index in [4.69, 9.17) is 4.74 Å². The van der Waals surface area contributed by atoms with Crippen LogP contribution in [0.15, 0.2) is 18.2 Å². The quantitative estimate of drug-likeness (QED) is 0.637. The van der Waals surface area contributed by atoms with Crippen molar-refractivity contribution in [1.29, 1.82) is 0 Å². The zero-order chi connectivity index (χ0) is 19.7. The molecule has 0 radical (unpaired) electrons. The standard InChI is InChI=1S/C21H29F3N2O2/c22-21(23,24)14-7-8-16(17(11-14)13-5-6-13)20(27)26-19-12-28-10-9-18(19)25-15-3-1-2-4-15/h7-8,11,13,15,18-20,25-27H,1-6,9-10,12H2. The summed E-state index contributed by atoms with van der Waals surface area (Å²) in [6, 6.07) is 4.35. The number of alkyl halides is 3. The largest absolute Gasteiger partial charge is 0.416 e. The lowest BCUT2D eigenvalue weighted by atomic mass is 9.96. The van der Waals surface area contributed by atoms with Gasteiger partial charge in [-0.15, -0.1) is 0 Å². The maximum atomic E-state index is 13.1. The smallest absolute Gasteiger partial charge is 0.380 e. The van der Waals surface area contributed by atoms with Gasteiger partial charge in [0.05, 0.1) is 12.2 Å². The summed E-state index contributed by atoms with van der Waals surface area (Å²) < 4.78 is 44.9. The number of rotatable bonds is 6. The van der Waals surface area contributed by atoms with Crippen LogP contribution in [0.25, 0.3) is 0 Å². The summed E-state index contributed by atoms with van der Waals surface area (Å²) in [5, 5.41) is 17.8. The van der Waals surface area contributed by atoms with Gasteiger partial charge in [0.15, 0.2) is 0 Å². The van der Waals surface area contributed by atoms with Gasteiger partial charge in [-0.05, 0) is 61.3 Å². The fraction of sp³-hybridized carbons (Fsp3) is 0.714. The van der Waals surface area contributed by atoms with E-state index < -0.39 is 18.0 Å². The maximum Gasteiger partial charge on any atom is 0.416 e. The van der Waals surface area contributed by atoms with Crippen molar-refractivity contribution < 1.29 is 23.0 Å². The van der Waals surface area contributed by atoms with Crippen molar-refractivity contribution in [2.45, 2.75) is 81.4 Å². The van der Waals surface area contributed by atoms with E-state index in [1.165, 1.54) is 37.8 Å². The molecule has 3 fully saturated rings. The molecule has 156 valence electrons. The Labute approximate surface area is 163 Å². The predicted molar refractivity (Wildman–Crippen MR) is 99.9 cm³/mol. The van der Waals surface area contributed by atoms with E-state index in [1.807, 2.05) is 0 Å². The molecule has 1 aromatic carbocycles. The van der Waals surface area contributed by atoms with Crippen molar-refractivity contribution in [2.75, 3.05) is 13.2 Å². The SMILES string of the molecule is OC(NC1COCCC1NC1CCCC1)c1ccc(C(F)(F)F)cc1C1CC1. The summed E-state index contributed by atoms with van der Waals surface area (Å²) in [7, 11) is 0. The Hall–Kier alpha value is -1.15. The van der Waals surface area contributed by atoms with Crippen molar-refractivity contribution in [3.8, 4) is 0 Å². The molecule has 3 N–H and O–H groups in total. The van der Waals surface area contributed by atoms with E-state index in [0.29, 0.717) is 30.4 Å². The van der Waals surface area contributed by atoms with Gasteiger partial charge in [-0.3, -0.25) is 5.32 Å². The third-order valence-corrected chi connectivity index (χ3v) is 6.26. The Morgan fingerprint density at radius 2 is 1.79 bits per heavy atom. The molecule has 1 aromatic rings. The van der Waals surface area contributed by atoms with Crippen molar-refractivity contribution >= 4 is 0 Å². The Bertz CT molecular complexity index is 672. The molecule has 4 nitrogen and oxygen atoms in total. The number of aliphatic hydroxyl groups excluding tert-OH is 1. The number of aliphatic hydroxyl groups is 1. The van der Waals surface area contributed by atoms with E-state index in [9.17, 15) is 18.3 Å². The average Bonchev–Trinajstić information content (AvgIpc) is 3.39. The van der Waals surface area contributed by atoms with E-state index >= 15 is 0 Å². The van der Waals surface area contributed by atoms with Gasteiger partial charge < -0.3 is 15.2 Å². The molecule has 3 atom stereocenters. The summed E-state index contributed by atoms with van der Waals surface area (Å²) in [6.45, 7) is 1.17. The summed E-state index contributed by atoms with van der Waals surface area (Å²) in [4.78, 5) is 0. The lowest BCUT2D eigenvalue weighted by molar-refractivity contribution is -0.137. The van der Waals surface area contributed by atoms with Crippen molar-refractivity contribution in [3.63, 3.8) is 0 Å². The zero-order valence-electron chi connectivity index (χ0n) is 16.0. The monoisotopic (exact) mass is 398 g/mol. The van der Waals surface area contributed by atoms with Crippen LogP contribution in [0.3, 0.4) is 0 Å². The molecule has 0 spiro atoms. The Morgan fingerprint density at radius 3 is 2.46 bits per heavy atom. The second kappa shape index (κ2) is 8.30. The van der Waals surface area contributed by atoms with Gasteiger partial charge in [0.1, 0.15) is 6.23 Å². The number of hydrogen-bond donors (Lipinski definition) is 3. The van der Waals surface area contributed by atoms with Gasteiger partial charge in [-0.1, -0.05) is 18.9 Å². The molecule has 3 unspecified atom stereocenters. The molecule has 3 aliphatic rings. The van der Waals surface area contributed by atoms with Crippen LogP contribution in [0.5, 0.6) is 0 Å². The van der Waals surface area contributed by atoms with Gasteiger partial charge in [0.25, 0.3) is 0 Å². The van der Waals surface area contributed by atoms with Crippen molar-refractivity contribution in [1.82, 2.24) is 10.6 Å². The van der Waals surface area contributed by atoms with Crippen LogP contribution in [0.1, 0.15) is 73.8 Å². The van der Waals surface area contributed by atoms with Gasteiger partial charge in [0, 0.05) is 24.7 Å². The lowest BCUT2D eigenvalue weighted by Gasteiger charge is -2.36. The van der Waals surface area contributed by atoms with E-state index in [2.05, 4.69) is 10.6 Å². The van der Waals surface area contributed by atoms with E-state index in [1.54, 1.807) is 0 Å². The van der Waals surface area contributed by atoms with Gasteiger partial charge >= 0.3 is 6.18 Å². The van der Waals surface area contributed by atoms with Crippen LogP contribution in [0.2, 0.25) is 0 Å². The minimum absolute atomic E-state index is 0.0707. The second-order valence-corrected chi connectivity index (χ2v) is 8.41. The molecular weight excluding hydrogens is 369 g/mol. The first-order chi connectivity index (χ1) is 13.4. The molecule has 2 aliphatic carbocycles. The number of hydrogen-bond acceptors (Lipinski definition) is 4. The van der Waals surface area contributed by atoms with Crippen LogP contribution in [-0.2, 0) is 10.9 Å². The molecular formula is C21H29F3N2O2. The topological polar surface area (TPSA) is 53.5 Å². The summed E-state index contributed by atoms with van der Waals surface area (Å²) in [6.07, 6.45) is 2.10. The summed E-state index contributed by atoms with van der Waals surface area (Å²) in [5.74, 6) is 0.115. The van der Waals surface area contributed by atoms with Crippen LogP contribution in [0.4, 0.5) is 13.2 Å². The highest BCUT2D eigenvalue weighted by Crippen LogP contribution is 2.44. The third-order valence-electron chi connectivity index (χ3n) is 6.26. The average molecular weight is 398 g/mol. The summed E-state index contributed by atoms with van der Waals surface area (Å²) in [5.41, 5.74) is 0.527. The second-order valence-electron chi connectivity index (χ2n) is 8.41. The third kappa shape index (κ3) is 4.70. The lowest BCUT2D eigenvalue weighted by Crippen LogP contribution is -2.56. The molecule has 1 heterocycles. The molecule has 0 amide bonds. The Balaban J connectivity index is 1.48. The fourth-order valence-electron chi connectivity index (χ4n) is 4.54. The number of ether oxygens (including phenoxy) is 1. The molecule has 0 aromatic heterocycles. The van der Waals surface area contributed by atoms with Crippen LogP contribution >= 0.6 is 0 Å². The van der Waals surface area contributed by atoms with Gasteiger partial charge in [-0.2, -0.15) is 13.2 Å². The zero-order valence-corrected chi connectivity index (χ0v) is 16.0. The van der Waals surface area contributed by atoms with Crippen LogP contribution < -0.4 is 10.6 Å². The van der Waals surface area contributed by atoms with E-state index in [-0.39, 0.29) is 18.0 Å². The molecule has 7 heteroatoms. The first kappa shape index (κ1) is 20.1. The predicted octanol–water partition coefficient (Wildman–Crippen LogP) is 3.85. The normalized spacial score (nSPS) is 27.9. The Kier molecular flexibility index (Phi) is 5.97. The molecule has 0 bridgehead atoms. The minimum atomic E-state index is -4.37. The number of halogens is 3. The highest BCUT2D eigenvalue weighted by molar-refractivity contribution is 5.39. The first-order valence-electron chi connectivity index (χ1n) is 10.4. The highest BCUT2D eigenvalue weighted by atomic mass is 19.4. The highest BCUT2D eigenvalue weighted by Gasteiger charge is 2.36. The molecule has 2 saturated carbocycles. The molecule has 1 saturated heterocycles. The van der Waals surface area contributed by atoms with Gasteiger partial charge in [0.2, 0.25) is 0 Å². The maximum absolute atomic E-state index is 13.1. The molecule has 28 heavy (non-hydrogen) atoms. The minimum Gasteiger partial charge on any atom is -0.380 e. The van der Waals surface area contributed by atoms with E-state index in [0.717, 1.165) is 25.3 Å².